The van der Waals surface area contributed by atoms with E-state index >= 15 is 0 Å². The van der Waals surface area contributed by atoms with Gasteiger partial charge in [-0.1, -0.05) is 32.9 Å². The molecule has 0 aliphatic rings. The number of carbonyl (C=O) groups is 2. The van der Waals surface area contributed by atoms with Gasteiger partial charge < -0.3 is 14.8 Å². The average Bonchev–Trinajstić information content (AvgIpc) is 2.75. The molecule has 0 fully saturated rings. The molecular weight excluding hydrogens is 449 g/mol. The lowest BCUT2D eigenvalue weighted by molar-refractivity contribution is -0.137. The Balaban J connectivity index is 2.16. The lowest BCUT2D eigenvalue weighted by atomic mass is 9.86. The number of halogens is 3. The molecule has 1 N–H and O–H groups in total. The van der Waals surface area contributed by atoms with Crippen LogP contribution in [0.2, 0.25) is 0 Å². The second-order valence-corrected chi connectivity index (χ2v) is 8.30. The highest BCUT2D eigenvalue weighted by atomic mass is 19.4. The van der Waals surface area contributed by atoms with E-state index in [0.29, 0.717) is 5.56 Å². The fourth-order valence-corrected chi connectivity index (χ4v) is 2.83. The Labute approximate surface area is 196 Å². The Bertz CT molecular complexity index is 1130. The minimum Gasteiger partial charge on any atom is -0.490 e. The van der Waals surface area contributed by atoms with E-state index in [-0.39, 0.29) is 35.1 Å². The molecule has 2 aromatic rings. The van der Waals surface area contributed by atoms with Crippen molar-refractivity contribution in [2.24, 2.45) is 5.41 Å². The number of Topliss-reactive ketones (excluding diaryl/α,β-unsaturated/α-hetero) is 1. The summed E-state index contributed by atoms with van der Waals surface area (Å²) in [6.07, 6.45) is -3.08. The van der Waals surface area contributed by atoms with Crippen LogP contribution in [-0.2, 0) is 15.8 Å². The highest BCUT2D eigenvalue weighted by molar-refractivity contribution is 6.06. The van der Waals surface area contributed by atoms with E-state index in [1.165, 1.54) is 24.3 Å². The van der Waals surface area contributed by atoms with Crippen LogP contribution < -0.4 is 14.8 Å². The summed E-state index contributed by atoms with van der Waals surface area (Å²) in [6.45, 7) is 6.70. The number of hydrogen-bond acceptors (Lipinski definition) is 5. The third kappa shape index (κ3) is 7.37. The fraction of sp³-hybridized carbons (Fsp3) is 0.320. The van der Waals surface area contributed by atoms with Crippen LogP contribution in [0.5, 0.6) is 11.5 Å². The Hall–Kier alpha value is -3.80. The van der Waals surface area contributed by atoms with Crippen molar-refractivity contribution in [1.29, 1.82) is 5.26 Å². The number of nitrogens with zero attached hydrogens (tertiary/aromatic N) is 1. The predicted molar refractivity (Wildman–Crippen MR) is 121 cm³/mol. The molecular formula is C25H25F3N2O4. The number of carbonyl (C=O) groups excluding carboxylic acids is 2. The van der Waals surface area contributed by atoms with Crippen LogP contribution in [-0.4, -0.2) is 24.9 Å². The molecule has 0 aliphatic heterocycles. The molecule has 1 amide bonds. The molecule has 0 saturated heterocycles. The number of hydrogen-bond donors (Lipinski definition) is 1. The van der Waals surface area contributed by atoms with Gasteiger partial charge in [0.05, 0.1) is 17.7 Å². The van der Waals surface area contributed by atoms with E-state index < -0.39 is 29.7 Å². The van der Waals surface area contributed by atoms with Crippen molar-refractivity contribution in [3.05, 3.63) is 59.2 Å². The monoisotopic (exact) mass is 474 g/mol. The number of nitriles is 1. The second-order valence-electron chi connectivity index (χ2n) is 8.30. The largest absolute Gasteiger partial charge is 0.490 e. The number of ether oxygens (including phenoxy) is 2. The molecule has 0 radical (unpaired) electrons. The van der Waals surface area contributed by atoms with Gasteiger partial charge in [0, 0.05) is 11.1 Å². The van der Waals surface area contributed by atoms with Crippen molar-refractivity contribution in [3.63, 3.8) is 0 Å². The second kappa shape index (κ2) is 10.9. The molecule has 0 aromatic heterocycles. The highest BCUT2D eigenvalue weighted by Crippen LogP contribution is 2.32. The van der Waals surface area contributed by atoms with Gasteiger partial charge in [0.15, 0.2) is 23.9 Å². The van der Waals surface area contributed by atoms with Crippen molar-refractivity contribution in [1.82, 2.24) is 0 Å². The Morgan fingerprint density at radius 1 is 1.06 bits per heavy atom. The molecule has 0 unspecified atom stereocenters. The van der Waals surface area contributed by atoms with Gasteiger partial charge in [-0.05, 0) is 48.9 Å². The summed E-state index contributed by atoms with van der Waals surface area (Å²) in [4.78, 5) is 24.6. The number of anilines is 1. The highest BCUT2D eigenvalue weighted by Gasteiger charge is 2.30. The van der Waals surface area contributed by atoms with Crippen molar-refractivity contribution in [3.8, 4) is 17.6 Å². The first-order valence-corrected chi connectivity index (χ1v) is 10.4. The average molecular weight is 474 g/mol. The van der Waals surface area contributed by atoms with Crippen molar-refractivity contribution in [2.45, 2.75) is 33.9 Å². The molecule has 0 heterocycles. The van der Waals surface area contributed by atoms with E-state index in [0.717, 1.165) is 12.1 Å². The first-order valence-electron chi connectivity index (χ1n) is 10.4. The number of allylic oxidation sites excluding steroid dienone is 1. The third-order valence-corrected chi connectivity index (χ3v) is 4.46. The van der Waals surface area contributed by atoms with Crippen LogP contribution in [0.1, 0.15) is 38.8 Å². The quantitative estimate of drug-likeness (QED) is 0.395. The molecule has 2 aromatic carbocycles. The number of nitrogens with one attached hydrogen (secondary N) is 1. The van der Waals surface area contributed by atoms with E-state index in [4.69, 9.17) is 9.47 Å². The van der Waals surface area contributed by atoms with Gasteiger partial charge in [0.25, 0.3) is 5.91 Å². The first kappa shape index (κ1) is 26.5. The van der Waals surface area contributed by atoms with Crippen LogP contribution in [0.15, 0.2) is 48.0 Å². The van der Waals surface area contributed by atoms with Gasteiger partial charge in [-0.3, -0.25) is 9.59 Å². The van der Waals surface area contributed by atoms with Gasteiger partial charge in [0.2, 0.25) is 0 Å². The summed E-state index contributed by atoms with van der Waals surface area (Å²) in [5.41, 5.74) is -1.10. The zero-order valence-corrected chi connectivity index (χ0v) is 19.2. The van der Waals surface area contributed by atoms with E-state index in [9.17, 15) is 28.0 Å². The van der Waals surface area contributed by atoms with Crippen LogP contribution in [0, 0.1) is 16.7 Å². The normalized spacial score (nSPS) is 12.0. The van der Waals surface area contributed by atoms with Crippen molar-refractivity contribution in [2.75, 3.05) is 18.5 Å². The van der Waals surface area contributed by atoms with Crippen molar-refractivity contribution < 1.29 is 32.2 Å². The Kier molecular flexibility index (Phi) is 8.46. The van der Waals surface area contributed by atoms with Crippen LogP contribution in [0.4, 0.5) is 18.9 Å². The number of alkyl halides is 3. The van der Waals surface area contributed by atoms with Gasteiger partial charge >= 0.3 is 6.18 Å². The van der Waals surface area contributed by atoms with E-state index in [2.05, 4.69) is 5.32 Å². The molecule has 2 rings (SSSR count). The molecule has 0 saturated carbocycles. The maximum absolute atomic E-state index is 12.8. The summed E-state index contributed by atoms with van der Waals surface area (Å²) in [5, 5.41) is 11.7. The Morgan fingerprint density at radius 2 is 1.76 bits per heavy atom. The number of ketones is 1. The van der Waals surface area contributed by atoms with Gasteiger partial charge in [-0.25, -0.2) is 0 Å². The standard InChI is InChI=1S/C25H25F3N2O4/c1-5-33-21-12-16(11-17(14-29)23(32)24(2,3)4)9-10-20(21)34-15-22(31)30-19-8-6-7-18(13-19)25(26,27)28/h6-13H,5,15H2,1-4H3,(H,30,31)/b17-11+. The molecule has 9 heteroatoms. The summed E-state index contributed by atoms with van der Waals surface area (Å²) in [7, 11) is 0. The molecule has 0 atom stereocenters. The molecule has 34 heavy (non-hydrogen) atoms. The number of amides is 1. The SMILES string of the molecule is CCOc1cc(/C=C(\C#N)C(=O)C(C)(C)C)ccc1OCC(=O)Nc1cccc(C(F)(F)F)c1. The molecule has 0 bridgehead atoms. The van der Waals surface area contributed by atoms with E-state index in [1.807, 2.05) is 6.07 Å². The molecule has 0 aliphatic carbocycles. The summed E-state index contributed by atoms with van der Waals surface area (Å²) < 4.78 is 49.6. The van der Waals surface area contributed by atoms with Crippen LogP contribution in [0.25, 0.3) is 6.08 Å². The summed E-state index contributed by atoms with van der Waals surface area (Å²) >= 11 is 0. The maximum atomic E-state index is 12.8. The zero-order chi connectivity index (χ0) is 25.5. The minimum atomic E-state index is -4.53. The van der Waals surface area contributed by atoms with E-state index in [1.54, 1.807) is 39.8 Å². The smallest absolute Gasteiger partial charge is 0.416 e. The van der Waals surface area contributed by atoms with Crippen LogP contribution in [0.3, 0.4) is 0 Å². The fourth-order valence-electron chi connectivity index (χ4n) is 2.83. The van der Waals surface area contributed by atoms with Gasteiger partial charge in [0.1, 0.15) is 6.07 Å². The number of rotatable bonds is 8. The number of benzene rings is 2. The predicted octanol–water partition coefficient (Wildman–Crippen LogP) is 5.64. The third-order valence-electron chi connectivity index (χ3n) is 4.46. The minimum absolute atomic E-state index is 0.0101. The van der Waals surface area contributed by atoms with Crippen molar-refractivity contribution >= 4 is 23.5 Å². The zero-order valence-electron chi connectivity index (χ0n) is 19.2. The molecule has 180 valence electrons. The van der Waals surface area contributed by atoms with Gasteiger partial charge in [-0.15, -0.1) is 0 Å². The lowest BCUT2D eigenvalue weighted by Crippen LogP contribution is -2.21. The molecule has 0 spiro atoms. The summed E-state index contributed by atoms with van der Waals surface area (Å²) in [6, 6.07) is 10.9. The molecule has 6 nitrogen and oxygen atoms in total. The first-order chi connectivity index (χ1) is 15.8. The van der Waals surface area contributed by atoms with Crippen LogP contribution >= 0.6 is 0 Å². The lowest BCUT2D eigenvalue weighted by Gasteiger charge is -2.16. The summed E-state index contributed by atoms with van der Waals surface area (Å²) in [5.74, 6) is -0.463. The van der Waals surface area contributed by atoms with Gasteiger partial charge in [-0.2, -0.15) is 18.4 Å². The maximum Gasteiger partial charge on any atom is 0.416 e. The Morgan fingerprint density at radius 3 is 2.35 bits per heavy atom. The topological polar surface area (TPSA) is 88.4 Å².